The van der Waals surface area contributed by atoms with Crippen LogP contribution >= 0.6 is 11.8 Å². The number of benzene rings is 2. The van der Waals surface area contributed by atoms with Crippen LogP contribution in [0.25, 0.3) is 5.65 Å². The number of anilines is 1. The highest BCUT2D eigenvalue weighted by molar-refractivity contribution is 7.99. The Hall–Kier alpha value is -3.38. The number of nitrogens with zero attached hydrogens (tertiary/aromatic N) is 2. The number of pyridine rings is 1. The molecular formula is C23H19N3O2S. The van der Waals surface area contributed by atoms with Crippen molar-refractivity contribution in [1.82, 2.24) is 9.38 Å². The maximum Gasteiger partial charge on any atom is 0.270 e. The molecule has 5 nitrogen and oxygen atoms in total. The van der Waals surface area contributed by atoms with E-state index < -0.39 is 11.5 Å². The Morgan fingerprint density at radius 2 is 1.83 bits per heavy atom. The van der Waals surface area contributed by atoms with E-state index in [1.165, 1.54) is 26.6 Å². The first-order valence-electron chi connectivity index (χ1n) is 9.14. The topological polar surface area (TPSA) is 63.5 Å². The lowest BCUT2D eigenvalue weighted by Crippen LogP contribution is -2.26. The molecule has 144 valence electrons. The molecule has 6 heteroatoms. The van der Waals surface area contributed by atoms with E-state index in [9.17, 15) is 9.59 Å². The molecular weight excluding hydrogens is 382 g/mol. The van der Waals surface area contributed by atoms with Gasteiger partial charge in [-0.05, 0) is 61.9 Å². The van der Waals surface area contributed by atoms with Gasteiger partial charge in [-0.3, -0.25) is 14.0 Å². The van der Waals surface area contributed by atoms with E-state index in [0.717, 1.165) is 4.90 Å². The molecule has 2 aromatic carbocycles. The van der Waals surface area contributed by atoms with Crippen molar-refractivity contribution in [3.05, 3.63) is 100 Å². The largest absolute Gasteiger partial charge is 0.322 e. The van der Waals surface area contributed by atoms with Gasteiger partial charge < -0.3 is 5.32 Å². The second-order valence-corrected chi connectivity index (χ2v) is 7.87. The number of aryl methyl sites for hydroxylation is 2. The average Bonchev–Trinajstić information content (AvgIpc) is 2.72. The van der Waals surface area contributed by atoms with Gasteiger partial charge in [-0.1, -0.05) is 35.5 Å². The molecule has 0 atom stereocenters. The summed E-state index contributed by atoms with van der Waals surface area (Å²) >= 11 is 1.67. The minimum atomic E-state index is -0.476. The molecule has 4 aromatic rings. The van der Waals surface area contributed by atoms with E-state index in [2.05, 4.69) is 42.3 Å². The lowest BCUT2D eigenvalue weighted by Gasteiger charge is -2.09. The van der Waals surface area contributed by atoms with Gasteiger partial charge in [0.05, 0.1) is 0 Å². The number of nitrogens with one attached hydrogen (secondary N) is 1. The van der Waals surface area contributed by atoms with Crippen molar-refractivity contribution in [3.8, 4) is 0 Å². The minimum Gasteiger partial charge on any atom is -0.322 e. The summed E-state index contributed by atoms with van der Waals surface area (Å²) in [5.74, 6) is -0.476. The predicted octanol–water partition coefficient (Wildman–Crippen LogP) is 4.71. The quantitative estimate of drug-likeness (QED) is 0.538. The molecule has 0 aliphatic rings. The van der Waals surface area contributed by atoms with Crippen molar-refractivity contribution in [2.75, 3.05) is 5.32 Å². The number of hydrogen-bond acceptors (Lipinski definition) is 4. The Kier molecular flexibility index (Phi) is 5.18. The van der Waals surface area contributed by atoms with E-state index in [1.807, 2.05) is 24.3 Å². The zero-order valence-electron chi connectivity index (χ0n) is 16.0. The second-order valence-electron chi connectivity index (χ2n) is 6.76. The minimum absolute atomic E-state index is 0.00225. The lowest BCUT2D eigenvalue weighted by atomic mass is 10.2. The first-order valence-corrected chi connectivity index (χ1v) is 9.96. The number of hydrogen-bond donors (Lipinski definition) is 1. The summed E-state index contributed by atoms with van der Waals surface area (Å²) in [5, 5.41) is 2.77. The summed E-state index contributed by atoms with van der Waals surface area (Å²) < 4.78 is 1.36. The lowest BCUT2D eigenvalue weighted by molar-refractivity contribution is 0.102. The highest BCUT2D eigenvalue weighted by Crippen LogP contribution is 2.31. The van der Waals surface area contributed by atoms with Crippen LogP contribution in [0.15, 0.2) is 87.6 Å². The fourth-order valence-corrected chi connectivity index (χ4v) is 3.91. The van der Waals surface area contributed by atoms with Gasteiger partial charge in [-0.2, -0.15) is 0 Å². The zero-order valence-corrected chi connectivity index (χ0v) is 16.9. The van der Waals surface area contributed by atoms with Gasteiger partial charge in [0.15, 0.2) is 0 Å². The summed E-state index contributed by atoms with van der Waals surface area (Å²) in [5.41, 5.74) is 3.21. The molecule has 4 rings (SSSR count). The number of amides is 1. The van der Waals surface area contributed by atoms with Crippen LogP contribution in [-0.4, -0.2) is 15.3 Å². The Morgan fingerprint density at radius 1 is 1.03 bits per heavy atom. The Labute approximate surface area is 172 Å². The van der Waals surface area contributed by atoms with Gasteiger partial charge in [0, 0.05) is 27.9 Å². The molecule has 0 saturated heterocycles. The number of rotatable bonds is 4. The number of carbonyl (C=O) groups is 1. The first kappa shape index (κ1) is 19.0. The molecule has 0 unspecified atom stereocenters. The van der Waals surface area contributed by atoms with E-state index in [0.29, 0.717) is 11.3 Å². The van der Waals surface area contributed by atoms with Gasteiger partial charge in [-0.25, -0.2) is 4.98 Å². The Morgan fingerprint density at radius 3 is 2.59 bits per heavy atom. The van der Waals surface area contributed by atoms with E-state index >= 15 is 0 Å². The summed E-state index contributed by atoms with van der Waals surface area (Å²) in [6.07, 6.45) is 2.91. The smallest absolute Gasteiger partial charge is 0.270 e. The average molecular weight is 401 g/mol. The second kappa shape index (κ2) is 7.93. The van der Waals surface area contributed by atoms with Crippen molar-refractivity contribution in [2.24, 2.45) is 0 Å². The van der Waals surface area contributed by atoms with Crippen LogP contribution in [0.2, 0.25) is 0 Å². The van der Waals surface area contributed by atoms with Crippen molar-refractivity contribution < 1.29 is 4.79 Å². The van der Waals surface area contributed by atoms with Crippen LogP contribution in [0.3, 0.4) is 0 Å². The highest BCUT2D eigenvalue weighted by Gasteiger charge is 2.13. The molecule has 0 aliphatic heterocycles. The Bertz CT molecular complexity index is 1260. The fourth-order valence-electron chi connectivity index (χ4n) is 3.03. The van der Waals surface area contributed by atoms with Crippen LogP contribution in [0, 0.1) is 13.8 Å². The van der Waals surface area contributed by atoms with E-state index in [-0.39, 0.29) is 5.56 Å². The molecule has 0 aliphatic carbocycles. The normalized spacial score (nSPS) is 10.8. The third kappa shape index (κ3) is 4.07. The molecule has 1 amide bonds. The monoisotopic (exact) mass is 401 g/mol. The van der Waals surface area contributed by atoms with Crippen molar-refractivity contribution in [2.45, 2.75) is 23.6 Å². The molecule has 29 heavy (non-hydrogen) atoms. The molecule has 1 N–H and O–H groups in total. The number of carbonyl (C=O) groups excluding carboxylic acids is 1. The van der Waals surface area contributed by atoms with Gasteiger partial charge in [0.25, 0.3) is 11.5 Å². The molecule has 2 aromatic heterocycles. The van der Waals surface area contributed by atoms with E-state index in [1.54, 1.807) is 36.2 Å². The number of fused-ring (bicyclic) bond motifs is 1. The first-order chi connectivity index (χ1) is 14.0. The maximum atomic E-state index is 12.6. The highest BCUT2D eigenvalue weighted by atomic mass is 32.2. The van der Waals surface area contributed by atoms with Gasteiger partial charge >= 0.3 is 0 Å². The van der Waals surface area contributed by atoms with Gasteiger partial charge in [0.1, 0.15) is 11.2 Å². The predicted molar refractivity (Wildman–Crippen MR) is 116 cm³/mol. The number of aromatic nitrogens is 2. The molecule has 2 heterocycles. The third-order valence-corrected chi connectivity index (χ3v) is 5.71. The van der Waals surface area contributed by atoms with Crippen LogP contribution < -0.4 is 10.9 Å². The van der Waals surface area contributed by atoms with E-state index in [4.69, 9.17) is 0 Å². The van der Waals surface area contributed by atoms with Crippen molar-refractivity contribution >= 4 is 29.0 Å². The molecule has 0 saturated carbocycles. The molecule has 0 radical (unpaired) electrons. The van der Waals surface area contributed by atoms with Gasteiger partial charge in [0.2, 0.25) is 0 Å². The summed E-state index contributed by atoms with van der Waals surface area (Å²) in [6.45, 7) is 4.18. The van der Waals surface area contributed by atoms with Crippen molar-refractivity contribution in [3.63, 3.8) is 0 Å². The molecule has 0 fully saturated rings. The zero-order chi connectivity index (χ0) is 20.4. The standard InChI is InChI=1S/C23H19N3O2S/c1-15-6-11-20(16(2)13-15)29-18-9-7-17(8-10-18)25-22(27)19-14-24-21-5-3-4-12-26(21)23(19)28/h3-14H,1-2H3,(H,25,27). The molecule has 0 bridgehead atoms. The van der Waals surface area contributed by atoms with Crippen LogP contribution in [-0.2, 0) is 0 Å². The third-order valence-electron chi connectivity index (χ3n) is 4.53. The summed E-state index contributed by atoms with van der Waals surface area (Å²) in [6, 6.07) is 19.2. The maximum absolute atomic E-state index is 12.6. The summed E-state index contributed by atoms with van der Waals surface area (Å²) in [4.78, 5) is 31.5. The SMILES string of the molecule is Cc1ccc(Sc2ccc(NC(=O)c3cnc4ccccn4c3=O)cc2)c(C)c1. The van der Waals surface area contributed by atoms with Gasteiger partial charge in [-0.15, -0.1) is 0 Å². The molecule has 0 spiro atoms. The van der Waals surface area contributed by atoms with Crippen LogP contribution in [0.4, 0.5) is 5.69 Å². The van der Waals surface area contributed by atoms with Crippen molar-refractivity contribution in [1.29, 1.82) is 0 Å². The fraction of sp³-hybridized carbons (Fsp3) is 0.0870. The van der Waals surface area contributed by atoms with Crippen LogP contribution in [0.1, 0.15) is 21.5 Å². The Balaban J connectivity index is 1.51. The van der Waals surface area contributed by atoms with Crippen LogP contribution in [0.5, 0.6) is 0 Å². The summed E-state index contributed by atoms with van der Waals surface area (Å²) in [7, 11) is 0.